The van der Waals surface area contributed by atoms with Crippen molar-refractivity contribution in [1.29, 1.82) is 0 Å². The van der Waals surface area contributed by atoms with Gasteiger partial charge in [-0.25, -0.2) is 0 Å². The normalized spacial score (nSPS) is 12.8. The van der Waals surface area contributed by atoms with E-state index in [-0.39, 0.29) is 25.7 Å². The summed E-state index contributed by atoms with van der Waals surface area (Å²) in [5.74, 6) is -2.56. The van der Waals surface area contributed by atoms with Crippen LogP contribution >= 0.6 is 0 Å². The van der Waals surface area contributed by atoms with Crippen molar-refractivity contribution in [3.05, 3.63) is 0 Å². The van der Waals surface area contributed by atoms with E-state index in [2.05, 4.69) is 0 Å². The quantitative estimate of drug-likeness (QED) is 0.465. The number of quaternary nitrogens is 1. The second kappa shape index (κ2) is 7.73. The first-order valence-electron chi connectivity index (χ1n) is 6.03. The maximum atomic E-state index is 11.5. The van der Waals surface area contributed by atoms with Crippen LogP contribution in [0.2, 0.25) is 0 Å². The second-order valence-corrected chi connectivity index (χ2v) is 5.43. The zero-order valence-electron chi connectivity index (χ0n) is 11.6. The van der Waals surface area contributed by atoms with Gasteiger partial charge in [-0.3, -0.25) is 14.4 Å². The molecule has 1 atom stereocenters. The van der Waals surface area contributed by atoms with Gasteiger partial charge >= 0.3 is 17.9 Å². The van der Waals surface area contributed by atoms with E-state index in [1.54, 1.807) is 0 Å². The summed E-state index contributed by atoms with van der Waals surface area (Å²) in [7, 11) is 5.60. The first kappa shape index (κ1) is 17.4. The molecule has 0 rings (SSSR count). The zero-order chi connectivity index (χ0) is 15.1. The number of carboxylic acids is 2. The fourth-order valence-electron chi connectivity index (χ4n) is 1.58. The third-order valence-electron chi connectivity index (χ3n) is 2.22. The molecule has 0 radical (unpaired) electrons. The van der Waals surface area contributed by atoms with Gasteiger partial charge in [0.2, 0.25) is 0 Å². The van der Waals surface area contributed by atoms with Gasteiger partial charge in [-0.1, -0.05) is 0 Å². The Morgan fingerprint density at radius 3 is 2.05 bits per heavy atom. The lowest BCUT2D eigenvalue weighted by Gasteiger charge is -2.28. The Hall–Kier alpha value is -1.63. The van der Waals surface area contributed by atoms with E-state index in [4.69, 9.17) is 14.9 Å². The van der Waals surface area contributed by atoms with Gasteiger partial charge in [-0.05, 0) is 6.42 Å². The average Bonchev–Trinajstić information content (AvgIpc) is 2.12. The molecular weight excluding hydrogens is 254 g/mol. The number of hydrogen-bond donors (Lipinski definition) is 2. The van der Waals surface area contributed by atoms with E-state index in [0.29, 0.717) is 11.0 Å². The molecule has 19 heavy (non-hydrogen) atoms. The highest BCUT2D eigenvalue weighted by Gasteiger charge is 2.24. The van der Waals surface area contributed by atoms with Gasteiger partial charge < -0.3 is 19.4 Å². The summed E-state index contributed by atoms with van der Waals surface area (Å²) in [5.41, 5.74) is 0. The number of rotatable bonds is 9. The van der Waals surface area contributed by atoms with Gasteiger partial charge in [0.25, 0.3) is 0 Å². The van der Waals surface area contributed by atoms with Gasteiger partial charge in [-0.15, -0.1) is 0 Å². The van der Waals surface area contributed by atoms with Crippen LogP contribution in [0.4, 0.5) is 0 Å². The van der Waals surface area contributed by atoms with Crippen molar-refractivity contribution in [2.24, 2.45) is 0 Å². The van der Waals surface area contributed by atoms with E-state index in [9.17, 15) is 14.4 Å². The van der Waals surface area contributed by atoms with Crippen molar-refractivity contribution in [2.75, 3.05) is 27.7 Å². The molecule has 0 spiro atoms. The lowest BCUT2D eigenvalue weighted by molar-refractivity contribution is -0.873. The van der Waals surface area contributed by atoms with E-state index in [0.717, 1.165) is 0 Å². The highest BCUT2D eigenvalue weighted by atomic mass is 16.5. The Morgan fingerprint density at radius 1 is 1.05 bits per heavy atom. The molecule has 0 fully saturated rings. The van der Waals surface area contributed by atoms with Crippen LogP contribution in [0.25, 0.3) is 0 Å². The molecule has 0 aromatic carbocycles. The molecule has 0 aliphatic carbocycles. The standard InChI is InChI=1S/C12H21NO6/c1-13(2,3)8-9(7-11(16)17)19-12(18)6-4-5-10(14)15/h9H,4-8H2,1-3H3,(H-,14,15,16,17)/p+1/t9-/m1/s1. The van der Waals surface area contributed by atoms with Crippen molar-refractivity contribution >= 4 is 17.9 Å². The van der Waals surface area contributed by atoms with Crippen LogP contribution in [0.3, 0.4) is 0 Å². The van der Waals surface area contributed by atoms with Gasteiger partial charge in [0.1, 0.15) is 6.54 Å². The summed E-state index contributed by atoms with van der Waals surface area (Å²) in [5, 5.41) is 17.2. The molecular formula is C12H22NO6+. The first-order chi connectivity index (χ1) is 8.60. The third-order valence-corrected chi connectivity index (χ3v) is 2.22. The Morgan fingerprint density at radius 2 is 1.63 bits per heavy atom. The van der Waals surface area contributed by atoms with Crippen LogP contribution in [-0.4, -0.2) is 66.4 Å². The van der Waals surface area contributed by atoms with Crippen molar-refractivity contribution < 1.29 is 33.8 Å². The van der Waals surface area contributed by atoms with Gasteiger partial charge in [0.05, 0.1) is 27.6 Å². The SMILES string of the molecule is C[N+](C)(C)C[C@@H](CC(=O)O)OC(=O)CCCC(=O)O. The average molecular weight is 276 g/mol. The molecule has 0 bridgehead atoms. The van der Waals surface area contributed by atoms with Gasteiger partial charge in [0, 0.05) is 12.8 Å². The summed E-state index contributed by atoms with van der Waals surface area (Å²) < 4.78 is 5.56. The minimum Gasteiger partial charge on any atom is -0.481 e. The van der Waals surface area contributed by atoms with Crippen molar-refractivity contribution in [1.82, 2.24) is 0 Å². The van der Waals surface area contributed by atoms with Crippen LogP contribution in [0.15, 0.2) is 0 Å². The van der Waals surface area contributed by atoms with Crippen LogP contribution in [0, 0.1) is 0 Å². The molecule has 110 valence electrons. The number of nitrogens with zero attached hydrogens (tertiary/aromatic N) is 1. The summed E-state index contributed by atoms with van der Waals surface area (Å²) in [6, 6.07) is 0. The van der Waals surface area contributed by atoms with E-state index in [1.165, 1.54) is 0 Å². The number of ether oxygens (including phenoxy) is 1. The Kier molecular flexibility index (Phi) is 7.06. The summed E-state index contributed by atoms with van der Waals surface area (Å²) >= 11 is 0. The maximum absolute atomic E-state index is 11.5. The van der Waals surface area contributed by atoms with Crippen molar-refractivity contribution in [3.63, 3.8) is 0 Å². The van der Waals surface area contributed by atoms with Gasteiger partial charge in [-0.2, -0.15) is 0 Å². The summed E-state index contributed by atoms with van der Waals surface area (Å²) in [4.78, 5) is 32.5. The van der Waals surface area contributed by atoms with E-state index >= 15 is 0 Å². The molecule has 0 aromatic heterocycles. The Bertz CT molecular complexity index is 334. The molecule has 0 heterocycles. The van der Waals surface area contributed by atoms with Crippen LogP contribution in [0.1, 0.15) is 25.7 Å². The molecule has 0 aliphatic rings. The number of carbonyl (C=O) groups is 3. The highest BCUT2D eigenvalue weighted by molar-refractivity contribution is 5.72. The molecule has 0 saturated heterocycles. The second-order valence-electron chi connectivity index (χ2n) is 5.43. The zero-order valence-corrected chi connectivity index (χ0v) is 11.6. The number of carbonyl (C=O) groups excluding carboxylic acids is 1. The molecule has 2 N–H and O–H groups in total. The number of hydrogen-bond acceptors (Lipinski definition) is 4. The predicted octanol–water partition coefficient (Wildman–Crippen LogP) is 0.334. The minimum absolute atomic E-state index is 0.0143. The monoisotopic (exact) mass is 276 g/mol. The van der Waals surface area contributed by atoms with Crippen LogP contribution in [-0.2, 0) is 19.1 Å². The fraction of sp³-hybridized carbons (Fsp3) is 0.750. The molecule has 0 unspecified atom stereocenters. The van der Waals surface area contributed by atoms with E-state index < -0.39 is 24.0 Å². The molecule has 0 amide bonds. The van der Waals surface area contributed by atoms with Gasteiger partial charge in [0.15, 0.2) is 6.10 Å². The lowest BCUT2D eigenvalue weighted by atomic mass is 10.2. The number of likely N-dealkylation sites (N-methyl/N-ethyl adjacent to an activating group) is 1. The molecule has 0 aromatic rings. The fourth-order valence-corrected chi connectivity index (χ4v) is 1.58. The maximum Gasteiger partial charge on any atom is 0.307 e. The van der Waals surface area contributed by atoms with E-state index in [1.807, 2.05) is 21.1 Å². The van der Waals surface area contributed by atoms with Crippen LogP contribution in [0.5, 0.6) is 0 Å². The summed E-state index contributed by atoms with van der Waals surface area (Å²) in [6.45, 7) is 0.386. The smallest absolute Gasteiger partial charge is 0.307 e. The minimum atomic E-state index is -1.03. The molecule has 7 heteroatoms. The molecule has 7 nitrogen and oxygen atoms in total. The topological polar surface area (TPSA) is 101 Å². The Labute approximate surface area is 112 Å². The number of esters is 1. The molecule has 0 saturated carbocycles. The van der Waals surface area contributed by atoms with Crippen LogP contribution < -0.4 is 0 Å². The molecule has 0 aliphatic heterocycles. The lowest BCUT2D eigenvalue weighted by Crippen LogP contribution is -2.43. The Balaban J connectivity index is 4.26. The summed E-state index contributed by atoms with van der Waals surface area (Å²) in [6.07, 6.45) is -0.874. The van der Waals surface area contributed by atoms with Crippen molar-refractivity contribution in [2.45, 2.75) is 31.8 Å². The third kappa shape index (κ3) is 11.2. The largest absolute Gasteiger partial charge is 0.481 e. The highest BCUT2D eigenvalue weighted by Crippen LogP contribution is 2.08. The van der Waals surface area contributed by atoms with Crippen molar-refractivity contribution in [3.8, 4) is 0 Å². The predicted molar refractivity (Wildman–Crippen MR) is 66.5 cm³/mol. The number of aliphatic carboxylic acids is 2. The number of carboxylic acid groups (broad SMARTS) is 2. The first-order valence-corrected chi connectivity index (χ1v) is 6.03.